The first-order chi connectivity index (χ1) is 10.2. The van der Waals surface area contributed by atoms with Crippen LogP contribution in [0.25, 0.3) is 11.3 Å². The third-order valence-corrected chi connectivity index (χ3v) is 3.47. The predicted molar refractivity (Wildman–Crippen MR) is 77.4 cm³/mol. The molecule has 1 aromatic carbocycles. The van der Waals surface area contributed by atoms with Gasteiger partial charge in [-0.1, -0.05) is 11.6 Å². The van der Waals surface area contributed by atoms with Crippen molar-refractivity contribution in [1.82, 2.24) is 9.78 Å². The number of rotatable bonds is 4. The van der Waals surface area contributed by atoms with Crippen molar-refractivity contribution in [2.45, 2.75) is 32.6 Å². The van der Waals surface area contributed by atoms with E-state index in [2.05, 4.69) is 10.4 Å². The van der Waals surface area contributed by atoms with E-state index in [9.17, 15) is 17.6 Å². The number of hydrogen-bond acceptors (Lipinski definition) is 2. The molecule has 0 radical (unpaired) electrons. The van der Waals surface area contributed by atoms with Gasteiger partial charge in [-0.3, -0.25) is 4.68 Å². The fourth-order valence-corrected chi connectivity index (χ4v) is 2.24. The number of aromatic nitrogens is 2. The second-order valence-electron chi connectivity index (χ2n) is 4.76. The first-order valence-electron chi connectivity index (χ1n) is 6.58. The zero-order chi connectivity index (χ0) is 16.5. The van der Waals surface area contributed by atoms with Gasteiger partial charge in [0.25, 0.3) is 0 Å². The van der Waals surface area contributed by atoms with Crippen molar-refractivity contribution in [3.05, 3.63) is 35.2 Å². The minimum absolute atomic E-state index is 0.0461. The maximum Gasteiger partial charge on any atom is 0.408 e. The van der Waals surface area contributed by atoms with Gasteiger partial charge in [0.05, 0.1) is 16.9 Å². The number of aryl methyl sites for hydroxylation is 1. The summed E-state index contributed by atoms with van der Waals surface area (Å²) in [5.74, 6) is -0.670. The Kier molecular flexibility index (Phi) is 4.65. The molecule has 22 heavy (non-hydrogen) atoms. The van der Waals surface area contributed by atoms with Crippen LogP contribution in [0, 0.1) is 5.82 Å². The average molecular weight is 336 g/mol. The summed E-state index contributed by atoms with van der Waals surface area (Å²) >= 11 is 6.00. The predicted octanol–water partition coefficient (Wildman–Crippen LogP) is 4.73. The van der Waals surface area contributed by atoms with E-state index in [0.29, 0.717) is 12.2 Å². The van der Waals surface area contributed by atoms with Crippen LogP contribution in [-0.2, 0) is 6.54 Å². The van der Waals surface area contributed by atoms with Gasteiger partial charge in [0.15, 0.2) is 0 Å². The van der Waals surface area contributed by atoms with Gasteiger partial charge in [0, 0.05) is 17.8 Å². The van der Waals surface area contributed by atoms with Crippen LogP contribution in [0.5, 0.6) is 0 Å². The van der Waals surface area contributed by atoms with E-state index in [1.807, 2.05) is 6.92 Å². The second kappa shape index (κ2) is 6.16. The van der Waals surface area contributed by atoms with Crippen molar-refractivity contribution in [3.8, 4) is 11.3 Å². The third-order valence-electron chi connectivity index (χ3n) is 3.19. The first kappa shape index (κ1) is 16.6. The van der Waals surface area contributed by atoms with E-state index >= 15 is 0 Å². The summed E-state index contributed by atoms with van der Waals surface area (Å²) in [5.41, 5.74) is 0.636. The quantitative estimate of drug-likeness (QED) is 0.819. The highest BCUT2D eigenvalue weighted by molar-refractivity contribution is 6.33. The minimum Gasteiger partial charge on any atom is -0.374 e. The number of hydrogen-bond donors (Lipinski definition) is 1. The molecule has 1 atom stereocenters. The van der Waals surface area contributed by atoms with Crippen LogP contribution < -0.4 is 5.32 Å². The van der Waals surface area contributed by atoms with E-state index in [0.717, 1.165) is 13.0 Å². The molecule has 120 valence electrons. The van der Waals surface area contributed by atoms with Gasteiger partial charge < -0.3 is 5.32 Å². The van der Waals surface area contributed by atoms with E-state index in [-0.39, 0.29) is 16.3 Å². The molecule has 0 amide bonds. The van der Waals surface area contributed by atoms with Crippen molar-refractivity contribution in [2.24, 2.45) is 0 Å². The van der Waals surface area contributed by atoms with E-state index < -0.39 is 18.0 Å². The zero-order valence-corrected chi connectivity index (χ0v) is 12.6. The maximum absolute atomic E-state index is 14.2. The van der Waals surface area contributed by atoms with Crippen LogP contribution in [0.1, 0.15) is 13.8 Å². The minimum atomic E-state index is -4.40. The number of anilines is 1. The normalized spacial score (nSPS) is 13.2. The molecule has 1 N–H and O–H groups in total. The SMILES string of the molecule is CCn1ncc(Cl)c1-c1ccc(N[C@H](C)C(F)(F)F)cc1F. The summed E-state index contributed by atoms with van der Waals surface area (Å²) in [7, 11) is 0. The van der Waals surface area contributed by atoms with Gasteiger partial charge in [-0.2, -0.15) is 18.3 Å². The topological polar surface area (TPSA) is 29.9 Å². The lowest BCUT2D eigenvalue weighted by Gasteiger charge is -2.18. The maximum atomic E-state index is 14.2. The Labute approximate surface area is 129 Å². The van der Waals surface area contributed by atoms with E-state index in [4.69, 9.17) is 11.6 Å². The molecule has 0 fully saturated rings. The van der Waals surface area contributed by atoms with Crippen LogP contribution in [0.15, 0.2) is 24.4 Å². The standard InChI is InChI=1S/C14H14ClF4N3/c1-3-22-13(11(15)7-20-22)10-5-4-9(6-12(10)16)21-8(2)14(17,18)19/h4-8,21H,3H2,1-2H3/t8-/m1/s1. The number of nitrogens with one attached hydrogen (secondary N) is 1. The van der Waals surface area contributed by atoms with Crippen LogP contribution in [-0.4, -0.2) is 22.0 Å². The van der Waals surface area contributed by atoms with Gasteiger partial charge >= 0.3 is 6.18 Å². The third kappa shape index (κ3) is 3.35. The molecule has 0 spiro atoms. The molecule has 2 aromatic rings. The van der Waals surface area contributed by atoms with Crippen molar-refractivity contribution in [2.75, 3.05) is 5.32 Å². The lowest BCUT2D eigenvalue weighted by atomic mass is 10.1. The molecule has 1 heterocycles. The number of alkyl halides is 3. The van der Waals surface area contributed by atoms with Crippen LogP contribution in [0.2, 0.25) is 5.02 Å². The van der Waals surface area contributed by atoms with Crippen LogP contribution >= 0.6 is 11.6 Å². The molecule has 0 saturated carbocycles. The summed E-state index contributed by atoms with van der Waals surface area (Å²) in [6.07, 6.45) is -3.00. The van der Waals surface area contributed by atoms with Gasteiger partial charge in [-0.05, 0) is 32.0 Å². The smallest absolute Gasteiger partial charge is 0.374 e. The highest BCUT2D eigenvalue weighted by Gasteiger charge is 2.36. The Morgan fingerprint density at radius 2 is 2.05 bits per heavy atom. The van der Waals surface area contributed by atoms with Gasteiger partial charge in [-0.15, -0.1) is 0 Å². The van der Waals surface area contributed by atoms with E-state index in [1.165, 1.54) is 23.0 Å². The van der Waals surface area contributed by atoms with Gasteiger partial charge in [-0.25, -0.2) is 4.39 Å². The summed E-state index contributed by atoms with van der Waals surface area (Å²) in [4.78, 5) is 0. The van der Waals surface area contributed by atoms with Gasteiger partial charge in [0.1, 0.15) is 11.9 Å². The highest BCUT2D eigenvalue weighted by atomic mass is 35.5. The van der Waals surface area contributed by atoms with Crippen molar-refractivity contribution >= 4 is 17.3 Å². The Bertz CT molecular complexity index is 667. The largest absolute Gasteiger partial charge is 0.408 e. The summed E-state index contributed by atoms with van der Waals surface area (Å²) < 4.78 is 53.3. The van der Waals surface area contributed by atoms with E-state index in [1.54, 1.807) is 0 Å². The lowest BCUT2D eigenvalue weighted by molar-refractivity contribution is -0.138. The molecule has 2 rings (SSSR count). The van der Waals surface area contributed by atoms with Crippen molar-refractivity contribution in [3.63, 3.8) is 0 Å². The lowest BCUT2D eigenvalue weighted by Crippen LogP contribution is -2.33. The second-order valence-corrected chi connectivity index (χ2v) is 5.17. The fraction of sp³-hybridized carbons (Fsp3) is 0.357. The highest BCUT2D eigenvalue weighted by Crippen LogP contribution is 2.32. The summed E-state index contributed by atoms with van der Waals surface area (Å²) in [6, 6.07) is 2.00. The van der Waals surface area contributed by atoms with Crippen LogP contribution in [0.3, 0.4) is 0 Å². The zero-order valence-electron chi connectivity index (χ0n) is 11.9. The monoisotopic (exact) mass is 335 g/mol. The molecule has 0 bridgehead atoms. The number of halogens is 5. The fourth-order valence-electron chi connectivity index (χ4n) is 2.00. The molecular weight excluding hydrogens is 322 g/mol. The number of benzene rings is 1. The summed E-state index contributed by atoms with van der Waals surface area (Å²) in [5, 5.41) is 6.51. The Hall–Kier alpha value is -1.76. The summed E-state index contributed by atoms with van der Waals surface area (Å²) in [6.45, 7) is 3.28. The number of nitrogens with zero attached hydrogens (tertiary/aromatic N) is 2. The molecule has 0 aliphatic carbocycles. The van der Waals surface area contributed by atoms with Crippen LogP contribution in [0.4, 0.5) is 23.2 Å². The average Bonchev–Trinajstić information content (AvgIpc) is 2.79. The first-order valence-corrected chi connectivity index (χ1v) is 6.96. The molecule has 0 aliphatic rings. The Balaban J connectivity index is 2.33. The Morgan fingerprint density at radius 1 is 1.36 bits per heavy atom. The molecule has 8 heteroatoms. The Morgan fingerprint density at radius 3 is 2.59 bits per heavy atom. The van der Waals surface area contributed by atoms with Crippen molar-refractivity contribution < 1.29 is 17.6 Å². The molecule has 3 nitrogen and oxygen atoms in total. The molecule has 0 unspecified atom stereocenters. The molecule has 0 saturated heterocycles. The molecular formula is C14H14ClF4N3. The van der Waals surface area contributed by atoms with Crippen molar-refractivity contribution in [1.29, 1.82) is 0 Å². The molecule has 1 aromatic heterocycles. The van der Waals surface area contributed by atoms with Gasteiger partial charge in [0.2, 0.25) is 0 Å². The molecule has 0 aliphatic heterocycles.